The minimum absolute atomic E-state index is 0.570. The fourth-order valence-corrected chi connectivity index (χ4v) is 2.69. The molecule has 6 heteroatoms. The molecule has 0 amide bonds. The molecule has 1 unspecified atom stereocenters. The number of hydrogen-bond donors (Lipinski definition) is 2. The second-order valence-electron chi connectivity index (χ2n) is 4.87. The number of methoxy groups -OCH3 is 1. The highest BCUT2D eigenvalue weighted by Crippen LogP contribution is 2.13. The smallest absolute Gasteiger partial charge is 0.191 e. The third-order valence-electron chi connectivity index (χ3n) is 2.94. The summed E-state index contributed by atoms with van der Waals surface area (Å²) < 4.78 is 10.3. The van der Waals surface area contributed by atoms with Crippen molar-refractivity contribution in [3.8, 4) is 0 Å². The first-order valence-electron chi connectivity index (χ1n) is 7.29. The van der Waals surface area contributed by atoms with Gasteiger partial charge in [-0.05, 0) is 23.8 Å². The lowest BCUT2D eigenvalue weighted by Gasteiger charge is -2.15. The summed E-state index contributed by atoms with van der Waals surface area (Å²) in [7, 11) is 3.45. The molecule has 0 radical (unpaired) electrons. The Kier molecular flexibility index (Phi) is 9.86. The van der Waals surface area contributed by atoms with E-state index in [1.165, 1.54) is 4.88 Å². The second-order valence-corrected chi connectivity index (χ2v) is 5.91. The maximum Gasteiger partial charge on any atom is 0.191 e. The zero-order chi connectivity index (χ0) is 15.3. The van der Waals surface area contributed by atoms with Crippen molar-refractivity contribution in [2.45, 2.75) is 13.3 Å². The first-order chi connectivity index (χ1) is 10.3. The molecule has 1 aromatic rings. The lowest BCUT2D eigenvalue weighted by atomic mass is 10.1. The lowest BCUT2D eigenvalue weighted by molar-refractivity contribution is 0.0733. The summed E-state index contributed by atoms with van der Waals surface area (Å²) in [4.78, 5) is 5.64. The van der Waals surface area contributed by atoms with Crippen LogP contribution in [-0.4, -0.2) is 53.0 Å². The van der Waals surface area contributed by atoms with Crippen LogP contribution in [0.2, 0.25) is 0 Å². The molecule has 21 heavy (non-hydrogen) atoms. The number of nitrogens with zero attached hydrogens (tertiary/aromatic N) is 1. The third-order valence-corrected chi connectivity index (χ3v) is 3.84. The highest BCUT2D eigenvalue weighted by molar-refractivity contribution is 7.09. The number of ether oxygens (including phenoxy) is 2. The van der Waals surface area contributed by atoms with Gasteiger partial charge in [-0.15, -0.1) is 11.3 Å². The van der Waals surface area contributed by atoms with Crippen molar-refractivity contribution >= 4 is 17.3 Å². The number of nitrogens with one attached hydrogen (secondary N) is 2. The van der Waals surface area contributed by atoms with Gasteiger partial charge in [-0.3, -0.25) is 4.99 Å². The van der Waals surface area contributed by atoms with Crippen LogP contribution in [0.15, 0.2) is 22.5 Å². The molecule has 0 bridgehead atoms. The fraction of sp³-hybridized carbons (Fsp3) is 0.667. The topological polar surface area (TPSA) is 54.9 Å². The van der Waals surface area contributed by atoms with Crippen LogP contribution in [0, 0.1) is 5.92 Å². The number of thiophene rings is 1. The molecule has 1 rings (SSSR count). The SMILES string of the molecule is CN=C(NCCOCCOC)NCC(C)Cc1cccs1. The van der Waals surface area contributed by atoms with Crippen LogP contribution >= 0.6 is 11.3 Å². The molecule has 0 fully saturated rings. The monoisotopic (exact) mass is 313 g/mol. The van der Waals surface area contributed by atoms with Gasteiger partial charge in [0.1, 0.15) is 0 Å². The minimum Gasteiger partial charge on any atom is -0.382 e. The van der Waals surface area contributed by atoms with Crippen molar-refractivity contribution in [2.75, 3.05) is 47.1 Å². The molecule has 0 aromatic carbocycles. The van der Waals surface area contributed by atoms with Gasteiger partial charge in [0, 0.05) is 32.1 Å². The summed E-state index contributed by atoms with van der Waals surface area (Å²) in [6, 6.07) is 4.29. The van der Waals surface area contributed by atoms with Gasteiger partial charge in [0.05, 0.1) is 19.8 Å². The molecule has 0 aliphatic carbocycles. The average Bonchev–Trinajstić information content (AvgIpc) is 2.98. The van der Waals surface area contributed by atoms with Crippen molar-refractivity contribution in [3.63, 3.8) is 0 Å². The van der Waals surface area contributed by atoms with Gasteiger partial charge in [-0.2, -0.15) is 0 Å². The summed E-state index contributed by atoms with van der Waals surface area (Å²) in [6.07, 6.45) is 1.10. The van der Waals surface area contributed by atoms with E-state index in [0.717, 1.165) is 25.5 Å². The normalized spacial score (nSPS) is 13.2. The molecule has 1 atom stereocenters. The Labute approximate surface area is 131 Å². The van der Waals surface area contributed by atoms with E-state index in [1.54, 1.807) is 14.2 Å². The zero-order valence-corrected chi connectivity index (χ0v) is 14.0. The van der Waals surface area contributed by atoms with Crippen LogP contribution in [-0.2, 0) is 15.9 Å². The Hall–Kier alpha value is -1.11. The highest BCUT2D eigenvalue weighted by atomic mass is 32.1. The van der Waals surface area contributed by atoms with Crippen LogP contribution in [0.1, 0.15) is 11.8 Å². The molecule has 0 aliphatic heterocycles. The molecule has 1 heterocycles. The molecular formula is C15H27N3O2S. The Balaban J connectivity index is 2.10. The Bertz CT molecular complexity index is 382. The molecule has 0 saturated heterocycles. The molecule has 120 valence electrons. The van der Waals surface area contributed by atoms with E-state index in [9.17, 15) is 0 Å². The van der Waals surface area contributed by atoms with E-state index >= 15 is 0 Å². The van der Waals surface area contributed by atoms with Gasteiger partial charge in [-0.1, -0.05) is 13.0 Å². The van der Waals surface area contributed by atoms with Crippen LogP contribution in [0.4, 0.5) is 0 Å². The summed E-state index contributed by atoms with van der Waals surface area (Å²) in [5.41, 5.74) is 0. The largest absolute Gasteiger partial charge is 0.382 e. The predicted molar refractivity (Wildman–Crippen MR) is 89.2 cm³/mol. The number of guanidine groups is 1. The molecular weight excluding hydrogens is 286 g/mol. The Morgan fingerprint density at radius 1 is 1.33 bits per heavy atom. The van der Waals surface area contributed by atoms with Gasteiger partial charge in [0.2, 0.25) is 0 Å². The number of hydrogen-bond acceptors (Lipinski definition) is 4. The molecule has 2 N–H and O–H groups in total. The Morgan fingerprint density at radius 2 is 2.19 bits per heavy atom. The van der Waals surface area contributed by atoms with Gasteiger partial charge in [0.25, 0.3) is 0 Å². The van der Waals surface area contributed by atoms with Crippen molar-refractivity contribution in [2.24, 2.45) is 10.9 Å². The summed E-state index contributed by atoms with van der Waals surface area (Å²) in [6.45, 7) is 5.79. The summed E-state index contributed by atoms with van der Waals surface area (Å²) in [5, 5.41) is 8.71. The van der Waals surface area contributed by atoms with E-state index in [4.69, 9.17) is 9.47 Å². The number of aliphatic imine (C=N–C) groups is 1. The molecule has 0 saturated carbocycles. The van der Waals surface area contributed by atoms with Crippen LogP contribution in [0.5, 0.6) is 0 Å². The van der Waals surface area contributed by atoms with Gasteiger partial charge >= 0.3 is 0 Å². The van der Waals surface area contributed by atoms with Crippen LogP contribution in [0.25, 0.3) is 0 Å². The first-order valence-corrected chi connectivity index (χ1v) is 8.17. The molecule has 0 aliphatic rings. The molecule has 1 aromatic heterocycles. The fourth-order valence-electron chi connectivity index (χ4n) is 1.82. The van der Waals surface area contributed by atoms with Crippen molar-refractivity contribution < 1.29 is 9.47 Å². The second kappa shape index (κ2) is 11.5. The standard InChI is InChI=1S/C15H27N3O2S/c1-13(11-14-5-4-10-21-14)12-18-15(16-2)17-6-7-20-9-8-19-3/h4-5,10,13H,6-9,11-12H2,1-3H3,(H2,16,17,18). The zero-order valence-electron chi connectivity index (χ0n) is 13.2. The molecule has 5 nitrogen and oxygen atoms in total. The van der Waals surface area contributed by atoms with E-state index in [0.29, 0.717) is 25.7 Å². The van der Waals surface area contributed by atoms with Crippen LogP contribution < -0.4 is 10.6 Å². The lowest BCUT2D eigenvalue weighted by Crippen LogP contribution is -2.41. The molecule has 0 spiro atoms. The van der Waals surface area contributed by atoms with Gasteiger partial charge in [-0.25, -0.2) is 0 Å². The quantitative estimate of drug-likeness (QED) is 0.393. The predicted octanol–water partition coefficient (Wildman–Crippen LogP) is 1.75. The number of rotatable bonds is 10. The van der Waals surface area contributed by atoms with Crippen LogP contribution in [0.3, 0.4) is 0 Å². The van der Waals surface area contributed by atoms with Gasteiger partial charge in [0.15, 0.2) is 5.96 Å². The van der Waals surface area contributed by atoms with Crippen molar-refractivity contribution in [1.29, 1.82) is 0 Å². The third kappa shape index (κ3) is 8.70. The summed E-state index contributed by atoms with van der Waals surface area (Å²) in [5.74, 6) is 1.39. The highest BCUT2D eigenvalue weighted by Gasteiger charge is 2.05. The van der Waals surface area contributed by atoms with Crippen molar-refractivity contribution in [1.82, 2.24) is 10.6 Å². The van der Waals surface area contributed by atoms with Crippen molar-refractivity contribution in [3.05, 3.63) is 22.4 Å². The Morgan fingerprint density at radius 3 is 2.86 bits per heavy atom. The van der Waals surface area contributed by atoms with E-state index < -0.39 is 0 Å². The maximum absolute atomic E-state index is 5.40. The van der Waals surface area contributed by atoms with E-state index in [2.05, 4.69) is 40.1 Å². The maximum atomic E-state index is 5.40. The first kappa shape index (κ1) is 17.9. The van der Waals surface area contributed by atoms with Gasteiger partial charge < -0.3 is 20.1 Å². The van der Waals surface area contributed by atoms with E-state index in [-0.39, 0.29) is 0 Å². The van der Waals surface area contributed by atoms with E-state index in [1.807, 2.05) is 11.3 Å². The summed E-state index contributed by atoms with van der Waals surface area (Å²) >= 11 is 1.81. The minimum atomic E-state index is 0.570. The average molecular weight is 313 g/mol.